The molecule has 4 nitrogen and oxygen atoms in total. The number of nitrogens with zero attached hydrogens (tertiary/aromatic N) is 2. The first kappa shape index (κ1) is 11.3. The van der Waals surface area contributed by atoms with Gasteiger partial charge in [0.2, 0.25) is 0 Å². The summed E-state index contributed by atoms with van der Waals surface area (Å²) in [5, 5.41) is 0. The zero-order valence-electron chi connectivity index (χ0n) is 10.6. The van der Waals surface area contributed by atoms with Gasteiger partial charge in [0.25, 0.3) is 0 Å². The van der Waals surface area contributed by atoms with E-state index in [1.165, 1.54) is 4.70 Å². The van der Waals surface area contributed by atoms with E-state index in [2.05, 4.69) is 28.6 Å². The molecule has 0 aliphatic carbocycles. The largest absolute Gasteiger partial charge is 0.489 e. The van der Waals surface area contributed by atoms with Gasteiger partial charge in [0, 0.05) is 6.20 Å². The summed E-state index contributed by atoms with van der Waals surface area (Å²) in [5.41, 5.74) is 2.24. The molecule has 1 aliphatic heterocycles. The third-order valence-electron chi connectivity index (χ3n) is 3.32. The van der Waals surface area contributed by atoms with Crippen LogP contribution in [0.15, 0.2) is 24.4 Å². The standard InChI is InChI=1S/C14H14N2O2S/c1-2-9-6-16-13-11(18-8-10-7-17-10)4-3-5-12(13)19-14(16)15-9/h3-6,10H,2,7-8H2,1H3. The molecule has 0 amide bonds. The van der Waals surface area contributed by atoms with Crippen molar-refractivity contribution in [1.29, 1.82) is 0 Å². The number of aryl methyl sites for hydroxylation is 1. The lowest BCUT2D eigenvalue weighted by Gasteiger charge is -2.05. The number of para-hydroxylation sites is 1. The van der Waals surface area contributed by atoms with Gasteiger partial charge in [-0.1, -0.05) is 24.3 Å². The minimum Gasteiger partial charge on any atom is -0.489 e. The zero-order chi connectivity index (χ0) is 12.8. The second kappa shape index (κ2) is 4.21. The smallest absolute Gasteiger partial charge is 0.195 e. The molecule has 98 valence electrons. The lowest BCUT2D eigenvalue weighted by molar-refractivity contribution is 0.265. The highest BCUT2D eigenvalue weighted by Crippen LogP contribution is 2.33. The number of ether oxygens (including phenoxy) is 2. The number of fused-ring (bicyclic) bond motifs is 3. The van der Waals surface area contributed by atoms with Gasteiger partial charge in [-0.25, -0.2) is 4.98 Å². The summed E-state index contributed by atoms with van der Waals surface area (Å²) in [6.07, 6.45) is 3.34. The summed E-state index contributed by atoms with van der Waals surface area (Å²) in [7, 11) is 0. The Morgan fingerprint density at radius 1 is 1.53 bits per heavy atom. The summed E-state index contributed by atoms with van der Waals surface area (Å²) < 4.78 is 14.4. The first-order valence-corrected chi connectivity index (χ1v) is 7.30. The number of thiazole rings is 1. The molecule has 1 aromatic carbocycles. The third kappa shape index (κ3) is 1.89. The van der Waals surface area contributed by atoms with E-state index in [1.54, 1.807) is 11.3 Å². The minimum atomic E-state index is 0.276. The van der Waals surface area contributed by atoms with Crippen LogP contribution < -0.4 is 4.74 Å². The van der Waals surface area contributed by atoms with Crippen LogP contribution in [-0.2, 0) is 11.2 Å². The van der Waals surface area contributed by atoms with Crippen LogP contribution in [0, 0.1) is 0 Å². The molecule has 0 saturated carbocycles. The van der Waals surface area contributed by atoms with Crippen LogP contribution in [0.5, 0.6) is 5.75 Å². The van der Waals surface area contributed by atoms with Crippen molar-refractivity contribution in [2.75, 3.05) is 13.2 Å². The van der Waals surface area contributed by atoms with Gasteiger partial charge in [-0.15, -0.1) is 0 Å². The molecule has 0 N–H and O–H groups in total. The Morgan fingerprint density at radius 2 is 2.42 bits per heavy atom. The average Bonchev–Trinajstić information content (AvgIpc) is 3.06. The van der Waals surface area contributed by atoms with Crippen LogP contribution in [0.2, 0.25) is 0 Å². The number of aromatic nitrogens is 2. The van der Waals surface area contributed by atoms with Crippen molar-refractivity contribution in [3.05, 3.63) is 30.1 Å². The third-order valence-corrected chi connectivity index (χ3v) is 4.34. The van der Waals surface area contributed by atoms with E-state index in [0.717, 1.165) is 34.9 Å². The molecule has 1 saturated heterocycles. The monoisotopic (exact) mass is 274 g/mol. The van der Waals surface area contributed by atoms with Gasteiger partial charge in [-0.2, -0.15) is 0 Å². The Balaban J connectivity index is 1.85. The molecular formula is C14H14N2O2S. The quantitative estimate of drug-likeness (QED) is 0.687. The van der Waals surface area contributed by atoms with Crippen LogP contribution in [0.1, 0.15) is 12.6 Å². The molecule has 0 spiro atoms. The Hall–Kier alpha value is -1.59. The maximum atomic E-state index is 5.89. The van der Waals surface area contributed by atoms with Gasteiger partial charge in [-0.05, 0) is 18.6 Å². The lowest BCUT2D eigenvalue weighted by atomic mass is 10.3. The second-order valence-corrected chi connectivity index (χ2v) is 5.72. The Bertz CT molecular complexity index is 742. The fraction of sp³-hybridized carbons (Fsp3) is 0.357. The summed E-state index contributed by atoms with van der Waals surface area (Å²) in [5.74, 6) is 0.916. The highest BCUT2D eigenvalue weighted by atomic mass is 32.1. The van der Waals surface area contributed by atoms with Crippen LogP contribution in [-0.4, -0.2) is 28.7 Å². The summed E-state index contributed by atoms with van der Waals surface area (Å²) in [6.45, 7) is 3.57. The molecule has 0 bridgehead atoms. The summed E-state index contributed by atoms with van der Waals surface area (Å²) in [4.78, 5) is 5.65. The van der Waals surface area contributed by atoms with Crippen LogP contribution >= 0.6 is 11.3 Å². The molecule has 2 aromatic heterocycles. The maximum Gasteiger partial charge on any atom is 0.195 e. The van der Waals surface area contributed by atoms with E-state index in [-0.39, 0.29) is 6.10 Å². The Labute approximate surface area is 114 Å². The van der Waals surface area contributed by atoms with Gasteiger partial charge in [0.15, 0.2) is 4.96 Å². The summed E-state index contributed by atoms with van der Waals surface area (Å²) in [6, 6.07) is 6.16. The summed E-state index contributed by atoms with van der Waals surface area (Å²) >= 11 is 1.70. The topological polar surface area (TPSA) is 39.1 Å². The number of hydrogen-bond donors (Lipinski definition) is 0. The van der Waals surface area contributed by atoms with E-state index >= 15 is 0 Å². The number of hydrogen-bond acceptors (Lipinski definition) is 4. The Morgan fingerprint density at radius 3 is 3.21 bits per heavy atom. The Kier molecular flexibility index (Phi) is 2.50. The zero-order valence-corrected chi connectivity index (χ0v) is 11.4. The van der Waals surface area contributed by atoms with Gasteiger partial charge >= 0.3 is 0 Å². The van der Waals surface area contributed by atoms with E-state index in [9.17, 15) is 0 Å². The number of rotatable bonds is 4. The fourth-order valence-corrected chi connectivity index (χ4v) is 3.24. The van der Waals surface area contributed by atoms with Crippen molar-refractivity contribution < 1.29 is 9.47 Å². The van der Waals surface area contributed by atoms with Crippen molar-refractivity contribution in [2.45, 2.75) is 19.4 Å². The average molecular weight is 274 g/mol. The molecule has 4 rings (SSSR count). The molecule has 3 aromatic rings. The molecule has 1 unspecified atom stereocenters. The van der Waals surface area contributed by atoms with Gasteiger partial charge in [0.1, 0.15) is 24.0 Å². The van der Waals surface area contributed by atoms with E-state index in [1.807, 2.05) is 12.1 Å². The van der Waals surface area contributed by atoms with Crippen molar-refractivity contribution >= 4 is 26.5 Å². The molecule has 0 radical (unpaired) electrons. The maximum absolute atomic E-state index is 5.89. The van der Waals surface area contributed by atoms with Crippen molar-refractivity contribution in [2.24, 2.45) is 0 Å². The van der Waals surface area contributed by atoms with E-state index < -0.39 is 0 Å². The highest BCUT2D eigenvalue weighted by molar-refractivity contribution is 7.23. The fourth-order valence-electron chi connectivity index (χ4n) is 2.20. The molecule has 1 atom stereocenters. The second-order valence-electron chi connectivity index (χ2n) is 4.71. The van der Waals surface area contributed by atoms with E-state index in [4.69, 9.17) is 9.47 Å². The highest BCUT2D eigenvalue weighted by Gasteiger charge is 2.23. The van der Waals surface area contributed by atoms with E-state index in [0.29, 0.717) is 6.61 Å². The van der Waals surface area contributed by atoms with Crippen LogP contribution in [0.3, 0.4) is 0 Å². The number of epoxide rings is 1. The van der Waals surface area contributed by atoms with Gasteiger partial charge in [0.05, 0.1) is 17.0 Å². The normalized spacial score (nSPS) is 18.3. The molecule has 5 heteroatoms. The lowest BCUT2D eigenvalue weighted by Crippen LogP contribution is -2.04. The minimum absolute atomic E-state index is 0.276. The first-order chi connectivity index (χ1) is 9.35. The van der Waals surface area contributed by atoms with Crippen LogP contribution in [0.4, 0.5) is 0 Å². The predicted octanol–water partition coefficient (Wildman–Crippen LogP) is 2.89. The van der Waals surface area contributed by atoms with Crippen molar-refractivity contribution in [1.82, 2.24) is 9.38 Å². The van der Waals surface area contributed by atoms with Crippen LogP contribution in [0.25, 0.3) is 15.2 Å². The molecule has 3 heterocycles. The number of benzene rings is 1. The predicted molar refractivity (Wildman–Crippen MR) is 75.2 cm³/mol. The van der Waals surface area contributed by atoms with Crippen molar-refractivity contribution in [3.8, 4) is 5.75 Å². The van der Waals surface area contributed by atoms with Gasteiger partial charge < -0.3 is 9.47 Å². The first-order valence-electron chi connectivity index (χ1n) is 6.49. The molecule has 19 heavy (non-hydrogen) atoms. The molecular weight excluding hydrogens is 260 g/mol. The number of imidazole rings is 1. The molecule has 1 fully saturated rings. The molecule has 1 aliphatic rings. The SMILES string of the molecule is CCc1cn2c(n1)sc1cccc(OCC3CO3)c12. The van der Waals surface area contributed by atoms with Crippen molar-refractivity contribution in [3.63, 3.8) is 0 Å². The van der Waals surface area contributed by atoms with Gasteiger partial charge in [-0.3, -0.25) is 4.40 Å².